The van der Waals surface area contributed by atoms with Crippen LogP contribution in [0.15, 0.2) is 48.5 Å². The smallest absolute Gasteiger partial charge is 0.274 e. The second-order valence-corrected chi connectivity index (χ2v) is 6.09. The fourth-order valence-electron chi connectivity index (χ4n) is 3.02. The van der Waals surface area contributed by atoms with Crippen LogP contribution in [-0.2, 0) is 17.8 Å². The van der Waals surface area contributed by atoms with E-state index >= 15 is 0 Å². The Bertz CT molecular complexity index is 946. The number of benzene rings is 2. The summed E-state index contributed by atoms with van der Waals surface area (Å²) in [5, 5.41) is 12.2. The van der Waals surface area contributed by atoms with Crippen molar-refractivity contribution in [2.75, 3.05) is 7.05 Å². The Morgan fingerprint density at radius 3 is 2.60 bits per heavy atom. The first-order valence-electron chi connectivity index (χ1n) is 8.00. The Morgan fingerprint density at radius 1 is 1.16 bits per heavy atom. The molecule has 1 N–H and O–H groups in total. The number of fused-ring (bicyclic) bond motifs is 1. The number of rotatable bonds is 5. The number of nitro groups is 1. The van der Waals surface area contributed by atoms with Crippen LogP contribution in [0.25, 0.3) is 10.9 Å². The van der Waals surface area contributed by atoms with Crippen molar-refractivity contribution in [2.45, 2.75) is 19.9 Å². The summed E-state index contributed by atoms with van der Waals surface area (Å²) in [4.78, 5) is 28.1. The molecular formula is C19H19N3O3. The van der Waals surface area contributed by atoms with E-state index in [4.69, 9.17) is 0 Å². The van der Waals surface area contributed by atoms with Gasteiger partial charge in [-0.05, 0) is 18.6 Å². The van der Waals surface area contributed by atoms with Gasteiger partial charge < -0.3 is 9.88 Å². The van der Waals surface area contributed by atoms with Gasteiger partial charge in [-0.1, -0.05) is 36.4 Å². The minimum atomic E-state index is -0.419. The number of H-pyrrole nitrogens is 1. The molecule has 1 amide bonds. The van der Waals surface area contributed by atoms with Gasteiger partial charge in [-0.2, -0.15) is 0 Å². The van der Waals surface area contributed by atoms with Crippen LogP contribution in [0.4, 0.5) is 5.69 Å². The third-order valence-electron chi connectivity index (χ3n) is 4.38. The number of aromatic nitrogens is 1. The van der Waals surface area contributed by atoms with E-state index in [2.05, 4.69) is 4.98 Å². The molecule has 0 saturated carbocycles. The normalized spacial score (nSPS) is 10.8. The van der Waals surface area contributed by atoms with Gasteiger partial charge in [-0.25, -0.2) is 0 Å². The molecule has 6 heteroatoms. The third kappa shape index (κ3) is 3.38. The van der Waals surface area contributed by atoms with Crippen molar-refractivity contribution >= 4 is 22.5 Å². The number of hydrogen-bond donors (Lipinski definition) is 1. The highest BCUT2D eigenvalue weighted by Gasteiger charge is 2.19. The molecule has 0 aliphatic carbocycles. The largest absolute Gasteiger partial charge is 0.358 e. The van der Waals surface area contributed by atoms with Crippen LogP contribution in [0, 0.1) is 17.0 Å². The van der Waals surface area contributed by atoms with Crippen LogP contribution in [0.3, 0.4) is 0 Å². The number of carbonyl (C=O) groups is 1. The minimum absolute atomic E-state index is 0.0328. The van der Waals surface area contributed by atoms with E-state index in [1.165, 1.54) is 11.0 Å². The highest BCUT2D eigenvalue weighted by molar-refractivity contribution is 5.90. The van der Waals surface area contributed by atoms with Crippen LogP contribution < -0.4 is 0 Å². The number of amides is 1. The van der Waals surface area contributed by atoms with Gasteiger partial charge in [0.1, 0.15) is 0 Å². The minimum Gasteiger partial charge on any atom is -0.358 e. The highest BCUT2D eigenvalue weighted by Crippen LogP contribution is 2.24. The molecule has 0 aliphatic rings. The summed E-state index contributed by atoms with van der Waals surface area (Å²) in [6.07, 6.45) is 0.257. The van der Waals surface area contributed by atoms with Crippen molar-refractivity contribution in [1.82, 2.24) is 9.88 Å². The number of hydrogen-bond acceptors (Lipinski definition) is 3. The van der Waals surface area contributed by atoms with Gasteiger partial charge in [-0.3, -0.25) is 14.9 Å². The molecule has 0 bridgehead atoms. The summed E-state index contributed by atoms with van der Waals surface area (Å²) >= 11 is 0. The molecular weight excluding hydrogens is 318 g/mol. The lowest BCUT2D eigenvalue weighted by atomic mass is 10.1. The Labute approximate surface area is 145 Å². The first kappa shape index (κ1) is 16.7. The van der Waals surface area contributed by atoms with Gasteiger partial charge in [0.05, 0.1) is 17.9 Å². The Hall–Kier alpha value is -3.15. The van der Waals surface area contributed by atoms with Crippen LogP contribution in [-0.4, -0.2) is 27.8 Å². The predicted octanol–water partition coefficient (Wildman–Crippen LogP) is 3.59. The molecule has 0 fully saturated rings. The second-order valence-electron chi connectivity index (χ2n) is 6.09. The SMILES string of the molecule is Cc1[nH]c2ccccc2c1CC(=O)N(C)Cc1ccccc1[N+](=O)[O-]. The number of nitro benzene ring substituents is 1. The Morgan fingerprint density at radius 2 is 1.84 bits per heavy atom. The van der Waals surface area contributed by atoms with Crippen LogP contribution in [0.2, 0.25) is 0 Å². The average molecular weight is 337 g/mol. The van der Waals surface area contributed by atoms with E-state index in [1.54, 1.807) is 25.2 Å². The lowest BCUT2D eigenvalue weighted by Gasteiger charge is -2.17. The summed E-state index contributed by atoms with van der Waals surface area (Å²) in [5.41, 5.74) is 3.50. The first-order valence-corrected chi connectivity index (χ1v) is 8.00. The van der Waals surface area contributed by atoms with Crippen molar-refractivity contribution < 1.29 is 9.72 Å². The van der Waals surface area contributed by atoms with Gasteiger partial charge in [0.15, 0.2) is 0 Å². The second kappa shape index (κ2) is 6.76. The molecule has 6 nitrogen and oxygen atoms in total. The van der Waals surface area contributed by atoms with E-state index in [1.807, 2.05) is 31.2 Å². The highest BCUT2D eigenvalue weighted by atomic mass is 16.6. The predicted molar refractivity (Wildman–Crippen MR) is 96.3 cm³/mol. The maximum atomic E-state index is 12.6. The molecule has 0 saturated heterocycles. The van der Waals surface area contributed by atoms with Crippen molar-refractivity contribution in [3.63, 3.8) is 0 Å². The standard InChI is InChI=1S/C19H19N3O3/c1-13-16(15-8-4-5-9-17(15)20-13)11-19(23)21(2)12-14-7-3-6-10-18(14)22(24)25/h3-10,20H,11-12H2,1-2H3. The summed E-state index contributed by atoms with van der Waals surface area (Å²) < 4.78 is 0. The number of likely N-dealkylation sites (N-methyl/N-ethyl adjacent to an activating group) is 1. The lowest BCUT2D eigenvalue weighted by Crippen LogP contribution is -2.28. The topological polar surface area (TPSA) is 79.2 Å². The Kier molecular flexibility index (Phi) is 4.52. The number of aryl methyl sites for hydroxylation is 1. The monoisotopic (exact) mass is 337 g/mol. The van der Waals surface area contributed by atoms with E-state index < -0.39 is 4.92 Å². The molecule has 0 spiro atoms. The molecule has 0 radical (unpaired) electrons. The summed E-state index contributed by atoms with van der Waals surface area (Å²) in [6.45, 7) is 2.15. The number of nitrogens with zero attached hydrogens (tertiary/aromatic N) is 2. The van der Waals surface area contributed by atoms with E-state index in [0.29, 0.717) is 5.56 Å². The number of nitrogens with one attached hydrogen (secondary N) is 1. The maximum absolute atomic E-state index is 12.6. The number of carbonyl (C=O) groups excluding carboxylic acids is 1. The van der Waals surface area contributed by atoms with Crippen LogP contribution in [0.1, 0.15) is 16.8 Å². The van der Waals surface area contributed by atoms with Crippen LogP contribution >= 0.6 is 0 Å². The third-order valence-corrected chi connectivity index (χ3v) is 4.38. The number of aromatic amines is 1. The van der Waals surface area contributed by atoms with Crippen LogP contribution in [0.5, 0.6) is 0 Å². The molecule has 3 rings (SSSR count). The number of para-hydroxylation sites is 2. The van der Waals surface area contributed by atoms with Gasteiger partial charge in [0.25, 0.3) is 5.69 Å². The van der Waals surface area contributed by atoms with Gasteiger partial charge in [0, 0.05) is 35.3 Å². The summed E-state index contributed by atoms with van der Waals surface area (Å²) in [5.74, 6) is -0.0778. The van der Waals surface area contributed by atoms with Gasteiger partial charge in [0.2, 0.25) is 5.91 Å². The van der Waals surface area contributed by atoms with E-state index in [9.17, 15) is 14.9 Å². The summed E-state index contributed by atoms with van der Waals surface area (Å²) in [7, 11) is 1.67. The molecule has 0 aliphatic heterocycles. The molecule has 25 heavy (non-hydrogen) atoms. The average Bonchev–Trinajstić information content (AvgIpc) is 2.91. The fourth-order valence-corrected chi connectivity index (χ4v) is 3.02. The van der Waals surface area contributed by atoms with Crippen molar-refractivity contribution in [3.05, 3.63) is 75.5 Å². The first-order chi connectivity index (χ1) is 12.0. The maximum Gasteiger partial charge on any atom is 0.274 e. The zero-order valence-corrected chi connectivity index (χ0v) is 14.2. The molecule has 0 atom stereocenters. The van der Waals surface area contributed by atoms with Crippen molar-refractivity contribution in [2.24, 2.45) is 0 Å². The van der Waals surface area contributed by atoms with E-state index in [-0.39, 0.29) is 24.6 Å². The molecule has 3 aromatic rings. The molecule has 1 aromatic heterocycles. The summed E-state index contributed by atoms with van der Waals surface area (Å²) in [6, 6.07) is 14.4. The molecule has 1 heterocycles. The van der Waals surface area contributed by atoms with Gasteiger partial charge >= 0.3 is 0 Å². The van der Waals surface area contributed by atoms with Gasteiger partial charge in [-0.15, -0.1) is 0 Å². The molecule has 0 unspecified atom stereocenters. The fraction of sp³-hybridized carbons (Fsp3) is 0.211. The van der Waals surface area contributed by atoms with Crippen molar-refractivity contribution in [3.8, 4) is 0 Å². The molecule has 128 valence electrons. The van der Waals surface area contributed by atoms with Crippen molar-refractivity contribution in [1.29, 1.82) is 0 Å². The zero-order valence-electron chi connectivity index (χ0n) is 14.2. The lowest BCUT2D eigenvalue weighted by molar-refractivity contribution is -0.385. The molecule has 2 aromatic carbocycles. The quantitative estimate of drug-likeness (QED) is 0.571. The zero-order chi connectivity index (χ0) is 18.0. The van der Waals surface area contributed by atoms with E-state index in [0.717, 1.165) is 22.2 Å². The Balaban J connectivity index is 1.79.